The van der Waals surface area contributed by atoms with Crippen molar-refractivity contribution in [2.45, 2.75) is 19.7 Å². The first kappa shape index (κ1) is 21.9. The normalized spacial score (nSPS) is 12.0. The third kappa shape index (κ3) is 5.00. The number of methoxy groups -OCH3 is 1. The quantitative estimate of drug-likeness (QED) is 0.357. The zero-order valence-electron chi connectivity index (χ0n) is 19.1. The minimum atomic E-state index is 0.255. The van der Waals surface area contributed by atoms with Crippen molar-refractivity contribution in [2.75, 3.05) is 25.8 Å². The van der Waals surface area contributed by atoms with E-state index >= 15 is 0 Å². The van der Waals surface area contributed by atoms with Crippen molar-refractivity contribution in [1.29, 1.82) is 0 Å². The molecule has 34 heavy (non-hydrogen) atoms. The summed E-state index contributed by atoms with van der Waals surface area (Å²) in [6.07, 6.45) is 1.87. The Kier molecular flexibility index (Phi) is 6.63. The minimum absolute atomic E-state index is 0.255. The Balaban J connectivity index is 1.26. The molecule has 0 aliphatic carbocycles. The molecule has 1 aromatic heterocycles. The highest BCUT2D eigenvalue weighted by molar-refractivity contribution is 5.66. The molecule has 7 heteroatoms. The molecular formula is C27H27N3O4. The van der Waals surface area contributed by atoms with E-state index in [4.69, 9.17) is 18.9 Å². The fourth-order valence-corrected chi connectivity index (χ4v) is 3.84. The van der Waals surface area contributed by atoms with Gasteiger partial charge >= 0.3 is 0 Å². The lowest BCUT2D eigenvalue weighted by Gasteiger charge is -2.14. The molecule has 0 bridgehead atoms. The summed E-state index contributed by atoms with van der Waals surface area (Å²) in [5.41, 5.74) is 4.29. The number of hydrogen-bond acceptors (Lipinski definition) is 6. The van der Waals surface area contributed by atoms with E-state index in [1.807, 2.05) is 54.7 Å². The highest BCUT2D eigenvalue weighted by atomic mass is 16.7. The number of nitrogens with one attached hydrogen (secondary N) is 1. The monoisotopic (exact) mass is 457 g/mol. The average Bonchev–Trinajstić information content (AvgIpc) is 3.52. The average molecular weight is 458 g/mol. The molecule has 0 unspecified atom stereocenters. The number of fused-ring (bicyclic) bond motifs is 1. The van der Waals surface area contributed by atoms with E-state index in [2.05, 4.69) is 39.1 Å². The van der Waals surface area contributed by atoms with Crippen LogP contribution in [0.4, 0.5) is 5.95 Å². The molecule has 1 aliphatic heterocycles. The molecule has 0 radical (unpaired) electrons. The second-order valence-corrected chi connectivity index (χ2v) is 7.95. The van der Waals surface area contributed by atoms with Crippen LogP contribution in [0.5, 0.6) is 17.2 Å². The van der Waals surface area contributed by atoms with E-state index in [1.165, 1.54) is 0 Å². The Hall–Kier alpha value is -3.97. The molecule has 0 spiro atoms. The number of aromatic nitrogens is 2. The van der Waals surface area contributed by atoms with Crippen LogP contribution >= 0.6 is 0 Å². The highest BCUT2D eigenvalue weighted by Crippen LogP contribution is 2.36. The van der Waals surface area contributed by atoms with Gasteiger partial charge in [-0.1, -0.05) is 42.5 Å². The molecule has 0 atom stereocenters. The zero-order chi connectivity index (χ0) is 23.2. The van der Waals surface area contributed by atoms with Gasteiger partial charge in [0.15, 0.2) is 11.5 Å². The van der Waals surface area contributed by atoms with Gasteiger partial charge in [-0.3, -0.25) is 0 Å². The van der Waals surface area contributed by atoms with Crippen molar-refractivity contribution in [3.63, 3.8) is 0 Å². The Morgan fingerprint density at radius 3 is 2.59 bits per heavy atom. The Bertz CT molecular complexity index is 1220. The topological polar surface area (TPSA) is 66.8 Å². The predicted molar refractivity (Wildman–Crippen MR) is 130 cm³/mol. The van der Waals surface area contributed by atoms with Gasteiger partial charge in [-0.15, -0.1) is 0 Å². The standard InChI is InChI=1S/C27H27N3O4/c1-31-14-13-30-24(22-9-12-25-26(15-22)34-19-33-25)17-29-27(30)28-16-20-7-10-23(11-8-20)32-18-21-5-3-2-4-6-21/h2-12,15,17H,13-14,16,18-19H2,1H3,(H,28,29). The first-order valence-electron chi connectivity index (χ1n) is 11.2. The molecule has 0 saturated heterocycles. The first-order valence-corrected chi connectivity index (χ1v) is 11.2. The summed E-state index contributed by atoms with van der Waals surface area (Å²) in [6, 6.07) is 24.2. The van der Waals surface area contributed by atoms with Crippen molar-refractivity contribution in [3.8, 4) is 28.5 Å². The van der Waals surface area contributed by atoms with Gasteiger partial charge in [0.1, 0.15) is 12.4 Å². The van der Waals surface area contributed by atoms with E-state index in [9.17, 15) is 0 Å². The molecule has 7 nitrogen and oxygen atoms in total. The smallest absolute Gasteiger partial charge is 0.231 e. The summed E-state index contributed by atoms with van der Waals surface area (Å²) in [5, 5.41) is 3.46. The number of benzene rings is 3. The van der Waals surface area contributed by atoms with E-state index in [1.54, 1.807) is 7.11 Å². The van der Waals surface area contributed by atoms with Crippen molar-refractivity contribution in [2.24, 2.45) is 0 Å². The Morgan fingerprint density at radius 1 is 0.941 bits per heavy atom. The Labute approximate surface area is 198 Å². The summed E-state index contributed by atoms with van der Waals surface area (Å²) in [6.45, 7) is 2.71. The third-order valence-electron chi connectivity index (χ3n) is 5.67. The van der Waals surface area contributed by atoms with E-state index in [-0.39, 0.29) is 6.79 Å². The number of rotatable bonds is 10. The second-order valence-electron chi connectivity index (χ2n) is 7.95. The fourth-order valence-electron chi connectivity index (χ4n) is 3.84. The highest BCUT2D eigenvalue weighted by Gasteiger charge is 2.17. The number of imidazole rings is 1. The summed E-state index contributed by atoms with van der Waals surface area (Å²) in [4.78, 5) is 4.63. The molecule has 0 fully saturated rings. The molecule has 3 aromatic carbocycles. The maximum atomic E-state index is 5.89. The van der Waals surface area contributed by atoms with Gasteiger partial charge in [0.2, 0.25) is 12.7 Å². The van der Waals surface area contributed by atoms with E-state index < -0.39 is 0 Å². The maximum Gasteiger partial charge on any atom is 0.231 e. The molecular weight excluding hydrogens is 430 g/mol. The summed E-state index contributed by atoms with van der Waals surface area (Å²) in [5.74, 6) is 3.15. The predicted octanol–water partition coefficient (Wildman–Crippen LogP) is 5.12. The summed E-state index contributed by atoms with van der Waals surface area (Å²) < 4.78 is 24.3. The Morgan fingerprint density at radius 2 is 1.76 bits per heavy atom. The van der Waals surface area contributed by atoms with Gasteiger partial charge in [-0.05, 0) is 41.5 Å². The van der Waals surface area contributed by atoms with Crippen LogP contribution in [0.3, 0.4) is 0 Å². The van der Waals surface area contributed by atoms with Crippen molar-refractivity contribution >= 4 is 5.95 Å². The summed E-state index contributed by atoms with van der Waals surface area (Å²) >= 11 is 0. The number of hydrogen-bond donors (Lipinski definition) is 1. The van der Waals surface area contributed by atoms with Crippen LogP contribution in [0.1, 0.15) is 11.1 Å². The molecule has 2 heterocycles. The molecule has 1 aliphatic rings. The number of ether oxygens (including phenoxy) is 4. The van der Waals surface area contributed by atoms with Gasteiger partial charge in [0.05, 0.1) is 18.5 Å². The van der Waals surface area contributed by atoms with Gasteiger partial charge in [-0.2, -0.15) is 0 Å². The molecule has 1 N–H and O–H groups in total. The van der Waals surface area contributed by atoms with Gasteiger partial charge in [-0.25, -0.2) is 4.98 Å². The first-order chi connectivity index (χ1) is 16.8. The van der Waals surface area contributed by atoms with Crippen LogP contribution in [0, 0.1) is 0 Å². The molecule has 0 amide bonds. The molecule has 4 aromatic rings. The largest absolute Gasteiger partial charge is 0.489 e. The van der Waals surface area contributed by atoms with Crippen LogP contribution in [0.2, 0.25) is 0 Å². The van der Waals surface area contributed by atoms with Crippen LogP contribution in [-0.4, -0.2) is 30.1 Å². The molecule has 174 valence electrons. The molecule has 5 rings (SSSR count). The van der Waals surface area contributed by atoms with E-state index in [0.29, 0.717) is 26.3 Å². The van der Waals surface area contributed by atoms with Crippen LogP contribution < -0.4 is 19.5 Å². The van der Waals surface area contributed by atoms with Crippen molar-refractivity contribution < 1.29 is 18.9 Å². The second kappa shape index (κ2) is 10.3. The lowest BCUT2D eigenvalue weighted by atomic mass is 10.1. The van der Waals surface area contributed by atoms with Crippen molar-refractivity contribution in [1.82, 2.24) is 9.55 Å². The van der Waals surface area contributed by atoms with Gasteiger partial charge in [0, 0.05) is 25.8 Å². The SMILES string of the molecule is COCCn1c(-c2ccc3c(c2)OCO3)cnc1NCc1ccc(OCc2ccccc2)cc1. The lowest BCUT2D eigenvalue weighted by Crippen LogP contribution is -2.11. The molecule has 0 saturated carbocycles. The lowest BCUT2D eigenvalue weighted by molar-refractivity contribution is 0.174. The van der Waals surface area contributed by atoms with E-state index in [0.717, 1.165) is 45.6 Å². The number of nitrogens with zero attached hydrogens (tertiary/aromatic N) is 2. The zero-order valence-corrected chi connectivity index (χ0v) is 19.1. The van der Waals surface area contributed by atoms with Crippen molar-refractivity contribution in [3.05, 3.63) is 90.1 Å². The summed E-state index contributed by atoms with van der Waals surface area (Å²) in [7, 11) is 1.70. The maximum absolute atomic E-state index is 5.89. The number of anilines is 1. The fraction of sp³-hybridized carbons (Fsp3) is 0.222. The van der Waals surface area contributed by atoms with Crippen LogP contribution in [0.15, 0.2) is 79.0 Å². The van der Waals surface area contributed by atoms with Crippen LogP contribution in [0.25, 0.3) is 11.3 Å². The van der Waals surface area contributed by atoms with Gasteiger partial charge in [0.25, 0.3) is 0 Å². The van der Waals surface area contributed by atoms with Gasteiger partial charge < -0.3 is 28.8 Å². The minimum Gasteiger partial charge on any atom is -0.489 e. The third-order valence-corrected chi connectivity index (χ3v) is 5.67. The van der Waals surface area contributed by atoms with Crippen LogP contribution in [-0.2, 0) is 24.4 Å².